The molecule has 0 aliphatic carbocycles. The van der Waals surface area contributed by atoms with Crippen LogP contribution in [-0.4, -0.2) is 32.6 Å². The number of aromatic nitrogens is 4. The SMILES string of the molecule is Fc1cccc(-c2nc3cnc(NCc4ccccc4Cl)nc3n2CCC2CCNCC2)c1F. The number of hydrogen-bond donors (Lipinski definition) is 2. The molecule has 6 nitrogen and oxygen atoms in total. The van der Waals surface area contributed by atoms with Crippen LogP contribution in [0.3, 0.4) is 0 Å². The lowest BCUT2D eigenvalue weighted by molar-refractivity contribution is 0.339. The number of hydrogen-bond acceptors (Lipinski definition) is 5. The third-order valence-electron chi connectivity index (χ3n) is 6.29. The van der Waals surface area contributed by atoms with Crippen LogP contribution < -0.4 is 10.6 Å². The van der Waals surface area contributed by atoms with E-state index in [1.54, 1.807) is 12.3 Å². The van der Waals surface area contributed by atoms with Gasteiger partial charge in [-0.3, -0.25) is 0 Å². The smallest absolute Gasteiger partial charge is 0.225 e. The van der Waals surface area contributed by atoms with Crippen molar-refractivity contribution >= 4 is 28.7 Å². The van der Waals surface area contributed by atoms with Gasteiger partial charge < -0.3 is 15.2 Å². The van der Waals surface area contributed by atoms with E-state index in [0.717, 1.165) is 44.0 Å². The first-order valence-corrected chi connectivity index (χ1v) is 11.8. The van der Waals surface area contributed by atoms with Crippen LogP contribution in [0.4, 0.5) is 14.7 Å². The van der Waals surface area contributed by atoms with Gasteiger partial charge in [-0.2, -0.15) is 4.98 Å². The van der Waals surface area contributed by atoms with E-state index in [4.69, 9.17) is 11.6 Å². The topological polar surface area (TPSA) is 67.7 Å². The predicted molar refractivity (Wildman–Crippen MR) is 130 cm³/mol. The molecule has 0 spiro atoms. The van der Waals surface area contributed by atoms with Crippen molar-refractivity contribution < 1.29 is 8.78 Å². The van der Waals surface area contributed by atoms with Gasteiger partial charge in [-0.05, 0) is 62.0 Å². The molecule has 34 heavy (non-hydrogen) atoms. The number of nitrogens with one attached hydrogen (secondary N) is 2. The molecule has 1 aliphatic rings. The normalized spacial score (nSPS) is 14.6. The lowest BCUT2D eigenvalue weighted by Crippen LogP contribution is -2.28. The van der Waals surface area contributed by atoms with Crippen LogP contribution in [0, 0.1) is 17.6 Å². The number of aryl methyl sites for hydroxylation is 1. The van der Waals surface area contributed by atoms with Crippen LogP contribution in [-0.2, 0) is 13.1 Å². The highest BCUT2D eigenvalue weighted by Crippen LogP contribution is 2.29. The van der Waals surface area contributed by atoms with E-state index in [-0.39, 0.29) is 5.56 Å². The highest BCUT2D eigenvalue weighted by molar-refractivity contribution is 6.31. The average Bonchev–Trinajstić information content (AvgIpc) is 3.22. The Balaban J connectivity index is 1.50. The van der Waals surface area contributed by atoms with Gasteiger partial charge in [0.2, 0.25) is 5.95 Å². The van der Waals surface area contributed by atoms with Gasteiger partial charge in [-0.15, -0.1) is 0 Å². The zero-order chi connectivity index (χ0) is 23.5. The van der Waals surface area contributed by atoms with E-state index in [0.29, 0.717) is 47.0 Å². The van der Waals surface area contributed by atoms with E-state index in [1.807, 2.05) is 28.8 Å². The minimum Gasteiger partial charge on any atom is -0.350 e. The van der Waals surface area contributed by atoms with Crippen LogP contribution in [0.1, 0.15) is 24.8 Å². The molecule has 2 aromatic carbocycles. The highest BCUT2D eigenvalue weighted by atomic mass is 35.5. The summed E-state index contributed by atoms with van der Waals surface area (Å²) in [4.78, 5) is 13.7. The molecule has 1 aliphatic heterocycles. The molecule has 0 radical (unpaired) electrons. The Kier molecular flexibility index (Phi) is 6.69. The van der Waals surface area contributed by atoms with Gasteiger partial charge in [0, 0.05) is 18.1 Å². The zero-order valence-corrected chi connectivity index (χ0v) is 19.3. The molecule has 0 bridgehead atoms. The van der Waals surface area contributed by atoms with E-state index in [9.17, 15) is 8.78 Å². The summed E-state index contributed by atoms with van der Waals surface area (Å²) in [7, 11) is 0. The minimum atomic E-state index is -0.911. The summed E-state index contributed by atoms with van der Waals surface area (Å²) in [5.74, 6) is -0.475. The maximum Gasteiger partial charge on any atom is 0.225 e. The monoisotopic (exact) mass is 482 g/mol. The first-order valence-electron chi connectivity index (χ1n) is 11.5. The Morgan fingerprint density at radius 1 is 1.06 bits per heavy atom. The van der Waals surface area contributed by atoms with Crippen molar-refractivity contribution in [1.29, 1.82) is 0 Å². The lowest BCUT2D eigenvalue weighted by atomic mass is 9.95. The van der Waals surface area contributed by atoms with Crippen LogP contribution in [0.25, 0.3) is 22.6 Å². The fourth-order valence-electron chi connectivity index (χ4n) is 4.40. The van der Waals surface area contributed by atoms with E-state index < -0.39 is 11.6 Å². The Morgan fingerprint density at radius 3 is 2.71 bits per heavy atom. The summed E-state index contributed by atoms with van der Waals surface area (Å²) in [6.07, 6.45) is 4.70. The Bertz CT molecular complexity index is 1300. The minimum absolute atomic E-state index is 0.119. The molecule has 2 N–H and O–H groups in total. The number of nitrogens with zero attached hydrogens (tertiary/aromatic N) is 4. The first kappa shape index (κ1) is 22.7. The van der Waals surface area contributed by atoms with Crippen molar-refractivity contribution in [3.8, 4) is 11.4 Å². The number of imidazole rings is 1. The van der Waals surface area contributed by atoms with Gasteiger partial charge in [-0.25, -0.2) is 18.7 Å². The average molecular weight is 483 g/mol. The molecule has 0 saturated carbocycles. The number of fused-ring (bicyclic) bond motifs is 1. The summed E-state index contributed by atoms with van der Waals surface area (Å²) in [5, 5.41) is 7.24. The third-order valence-corrected chi connectivity index (χ3v) is 6.66. The van der Waals surface area contributed by atoms with E-state index >= 15 is 0 Å². The molecule has 9 heteroatoms. The number of halogens is 3. The molecule has 4 aromatic rings. The van der Waals surface area contributed by atoms with Crippen LogP contribution in [0.2, 0.25) is 5.02 Å². The van der Waals surface area contributed by atoms with Gasteiger partial charge in [0.05, 0.1) is 11.8 Å². The molecular formula is C25H25ClF2N6. The van der Waals surface area contributed by atoms with Gasteiger partial charge >= 0.3 is 0 Å². The molecule has 1 saturated heterocycles. The molecule has 3 heterocycles. The summed E-state index contributed by atoms with van der Waals surface area (Å²) in [6.45, 7) is 3.06. The van der Waals surface area contributed by atoms with Crippen molar-refractivity contribution in [2.75, 3.05) is 18.4 Å². The number of benzene rings is 2. The van der Waals surface area contributed by atoms with Crippen LogP contribution in [0.5, 0.6) is 0 Å². The third kappa shape index (κ3) is 4.74. The second-order valence-corrected chi connectivity index (χ2v) is 8.93. The number of rotatable bonds is 7. The maximum absolute atomic E-state index is 14.7. The summed E-state index contributed by atoms with van der Waals surface area (Å²) in [6, 6.07) is 11.7. The molecule has 1 fully saturated rings. The second kappa shape index (κ2) is 10.0. The van der Waals surface area contributed by atoms with Crippen molar-refractivity contribution in [2.24, 2.45) is 5.92 Å². The summed E-state index contributed by atoms with van der Waals surface area (Å²) >= 11 is 6.26. The van der Waals surface area contributed by atoms with E-state index in [1.165, 1.54) is 6.07 Å². The van der Waals surface area contributed by atoms with Crippen LogP contribution >= 0.6 is 11.6 Å². The van der Waals surface area contributed by atoms with Crippen molar-refractivity contribution in [3.05, 3.63) is 70.9 Å². The molecular weight excluding hydrogens is 458 g/mol. The predicted octanol–water partition coefficient (Wildman–Crippen LogP) is 5.43. The second-order valence-electron chi connectivity index (χ2n) is 8.52. The van der Waals surface area contributed by atoms with Crippen molar-refractivity contribution in [2.45, 2.75) is 32.4 Å². The Morgan fingerprint density at radius 2 is 1.88 bits per heavy atom. The molecule has 0 amide bonds. The fraction of sp³-hybridized carbons (Fsp3) is 0.320. The molecule has 5 rings (SSSR count). The molecule has 0 unspecified atom stereocenters. The maximum atomic E-state index is 14.7. The largest absolute Gasteiger partial charge is 0.350 e. The van der Waals surface area contributed by atoms with Crippen LogP contribution in [0.15, 0.2) is 48.7 Å². The molecule has 0 atom stereocenters. The molecule has 176 valence electrons. The number of anilines is 1. The zero-order valence-electron chi connectivity index (χ0n) is 18.6. The van der Waals surface area contributed by atoms with Gasteiger partial charge in [0.15, 0.2) is 17.3 Å². The Hall–Kier alpha value is -3.10. The Labute approximate surface area is 201 Å². The van der Waals surface area contributed by atoms with Gasteiger partial charge in [0.1, 0.15) is 11.3 Å². The van der Waals surface area contributed by atoms with E-state index in [2.05, 4.69) is 25.6 Å². The van der Waals surface area contributed by atoms with Crippen molar-refractivity contribution in [1.82, 2.24) is 24.8 Å². The van der Waals surface area contributed by atoms with Crippen molar-refractivity contribution in [3.63, 3.8) is 0 Å². The fourth-order valence-corrected chi connectivity index (χ4v) is 4.60. The summed E-state index contributed by atoms with van der Waals surface area (Å²) in [5.41, 5.74) is 2.17. The van der Waals surface area contributed by atoms with Gasteiger partial charge in [-0.1, -0.05) is 35.9 Å². The quantitative estimate of drug-likeness (QED) is 0.368. The highest BCUT2D eigenvalue weighted by Gasteiger charge is 2.21. The molecule has 2 aromatic heterocycles. The lowest BCUT2D eigenvalue weighted by Gasteiger charge is -2.23. The number of piperidine rings is 1. The van der Waals surface area contributed by atoms with Gasteiger partial charge in [0.25, 0.3) is 0 Å². The first-order chi connectivity index (χ1) is 16.6. The standard InChI is InChI=1S/C25H25ClF2N6/c26-19-6-2-1-4-17(19)14-30-25-31-15-21-24(33-25)34(13-10-16-8-11-29-12-9-16)23(32-21)18-5-3-7-20(27)22(18)28/h1-7,15-16,29H,8-14H2,(H,30,31,33). The summed E-state index contributed by atoms with van der Waals surface area (Å²) < 4.78 is 30.6.